The summed E-state index contributed by atoms with van der Waals surface area (Å²) in [6.07, 6.45) is 5.11. The number of primary amides is 1. The van der Waals surface area contributed by atoms with Crippen LogP contribution < -0.4 is 15.4 Å². The van der Waals surface area contributed by atoms with E-state index in [2.05, 4.69) is 14.9 Å². The maximum absolute atomic E-state index is 10.9. The molecule has 2 rings (SSSR count). The van der Waals surface area contributed by atoms with Crippen molar-refractivity contribution in [2.45, 2.75) is 32.6 Å². The van der Waals surface area contributed by atoms with Gasteiger partial charge in [-0.2, -0.15) is 0 Å². The molecule has 0 unspecified atom stereocenters. The van der Waals surface area contributed by atoms with Gasteiger partial charge in [-0.1, -0.05) is 0 Å². The molecule has 1 fully saturated rings. The molecule has 0 radical (unpaired) electrons. The number of rotatable bonds is 6. The minimum atomic E-state index is -0.220. The minimum absolute atomic E-state index is 0.220. The summed E-state index contributed by atoms with van der Waals surface area (Å²) in [5.41, 5.74) is 5.22. The molecule has 110 valence electrons. The highest BCUT2D eigenvalue weighted by atomic mass is 16.5. The van der Waals surface area contributed by atoms with E-state index >= 15 is 0 Å². The average molecular weight is 278 g/mol. The summed E-state index contributed by atoms with van der Waals surface area (Å²) >= 11 is 0. The van der Waals surface area contributed by atoms with Gasteiger partial charge in [-0.3, -0.25) is 4.79 Å². The van der Waals surface area contributed by atoms with Crippen molar-refractivity contribution in [2.24, 2.45) is 11.7 Å². The lowest BCUT2D eigenvalue weighted by atomic mass is 9.93. The number of nitrogens with zero attached hydrogens (tertiary/aromatic N) is 3. The van der Waals surface area contributed by atoms with E-state index in [-0.39, 0.29) is 5.91 Å². The molecule has 0 aliphatic carbocycles. The maximum Gasteiger partial charge on any atom is 0.218 e. The Kier molecular flexibility index (Phi) is 5.15. The number of piperidine rings is 1. The molecule has 1 aromatic rings. The number of ether oxygens (including phenoxy) is 1. The van der Waals surface area contributed by atoms with Crippen LogP contribution in [0.4, 0.5) is 5.82 Å². The van der Waals surface area contributed by atoms with Gasteiger partial charge in [0.15, 0.2) is 0 Å². The lowest BCUT2D eigenvalue weighted by Crippen LogP contribution is -2.36. The molecular formula is C14H22N4O2. The second-order valence-corrected chi connectivity index (χ2v) is 5.11. The third-order valence-corrected chi connectivity index (χ3v) is 3.56. The summed E-state index contributed by atoms with van der Waals surface area (Å²) in [6.45, 7) is 4.42. The number of nitrogens with two attached hydrogens (primary N) is 1. The van der Waals surface area contributed by atoms with E-state index in [1.165, 1.54) is 6.33 Å². The third-order valence-electron chi connectivity index (χ3n) is 3.56. The normalized spacial score (nSPS) is 18.9. The van der Waals surface area contributed by atoms with E-state index in [1.807, 2.05) is 13.0 Å². The summed E-state index contributed by atoms with van der Waals surface area (Å²) in [6, 6.07) is 1.87. The van der Waals surface area contributed by atoms with E-state index in [4.69, 9.17) is 10.5 Å². The van der Waals surface area contributed by atoms with Crippen molar-refractivity contribution in [3.63, 3.8) is 0 Å². The number of hydrogen-bond acceptors (Lipinski definition) is 5. The zero-order chi connectivity index (χ0) is 14.4. The van der Waals surface area contributed by atoms with Crippen molar-refractivity contribution in [3.05, 3.63) is 12.4 Å². The van der Waals surface area contributed by atoms with Gasteiger partial charge in [0.1, 0.15) is 12.1 Å². The summed E-state index contributed by atoms with van der Waals surface area (Å²) in [7, 11) is 0. The van der Waals surface area contributed by atoms with Crippen LogP contribution in [-0.4, -0.2) is 35.6 Å². The minimum Gasteiger partial charge on any atom is -0.478 e. The lowest BCUT2D eigenvalue weighted by molar-refractivity contribution is -0.118. The fourth-order valence-electron chi connectivity index (χ4n) is 2.58. The van der Waals surface area contributed by atoms with Gasteiger partial charge in [-0.05, 0) is 32.1 Å². The summed E-state index contributed by atoms with van der Waals surface area (Å²) < 4.78 is 5.40. The molecule has 1 aliphatic rings. The Hall–Kier alpha value is -1.85. The Labute approximate surface area is 119 Å². The fourth-order valence-corrected chi connectivity index (χ4v) is 2.58. The highest BCUT2D eigenvalue weighted by Crippen LogP contribution is 2.25. The molecule has 0 spiro atoms. The molecule has 2 N–H and O–H groups in total. The Morgan fingerprint density at radius 1 is 1.55 bits per heavy atom. The van der Waals surface area contributed by atoms with Crippen molar-refractivity contribution in [1.29, 1.82) is 0 Å². The van der Waals surface area contributed by atoms with E-state index in [0.29, 0.717) is 24.8 Å². The van der Waals surface area contributed by atoms with Crippen LogP contribution in [0, 0.1) is 5.92 Å². The fraction of sp³-hybridized carbons (Fsp3) is 0.643. The van der Waals surface area contributed by atoms with Crippen molar-refractivity contribution in [1.82, 2.24) is 9.97 Å². The van der Waals surface area contributed by atoms with Gasteiger partial charge in [0.05, 0.1) is 6.61 Å². The molecule has 6 nitrogen and oxygen atoms in total. The van der Waals surface area contributed by atoms with Crippen LogP contribution >= 0.6 is 0 Å². The van der Waals surface area contributed by atoms with Crippen molar-refractivity contribution in [2.75, 3.05) is 24.6 Å². The quantitative estimate of drug-likeness (QED) is 0.849. The monoisotopic (exact) mass is 278 g/mol. The van der Waals surface area contributed by atoms with E-state index in [9.17, 15) is 4.79 Å². The highest BCUT2D eigenvalue weighted by molar-refractivity contribution is 5.73. The van der Waals surface area contributed by atoms with Crippen LogP contribution in [0.1, 0.15) is 32.6 Å². The van der Waals surface area contributed by atoms with Gasteiger partial charge >= 0.3 is 0 Å². The zero-order valence-corrected chi connectivity index (χ0v) is 11.9. The third kappa shape index (κ3) is 4.08. The largest absolute Gasteiger partial charge is 0.478 e. The van der Waals surface area contributed by atoms with Gasteiger partial charge in [-0.15, -0.1) is 0 Å². The second kappa shape index (κ2) is 7.07. The number of carbonyl (C=O) groups is 1. The molecule has 1 aliphatic heterocycles. The van der Waals surface area contributed by atoms with E-state index in [1.54, 1.807) is 0 Å². The summed E-state index contributed by atoms with van der Waals surface area (Å²) in [5.74, 6) is 1.79. The first kappa shape index (κ1) is 14.6. The molecule has 2 heterocycles. The summed E-state index contributed by atoms with van der Waals surface area (Å²) in [4.78, 5) is 21.5. The molecule has 1 saturated heterocycles. The maximum atomic E-state index is 10.9. The van der Waals surface area contributed by atoms with Gasteiger partial charge < -0.3 is 15.4 Å². The number of hydrogen-bond donors (Lipinski definition) is 1. The Balaban J connectivity index is 1.97. The average Bonchev–Trinajstić information content (AvgIpc) is 2.46. The van der Waals surface area contributed by atoms with Crippen LogP contribution in [0.15, 0.2) is 12.4 Å². The molecule has 1 amide bonds. The second-order valence-electron chi connectivity index (χ2n) is 5.11. The SMILES string of the molecule is CCOc1cc(N2CCC[C@@H](CCC(N)=O)C2)ncn1. The first-order valence-corrected chi connectivity index (χ1v) is 7.17. The Morgan fingerprint density at radius 3 is 3.15 bits per heavy atom. The molecule has 0 saturated carbocycles. The van der Waals surface area contributed by atoms with Gasteiger partial charge in [0.2, 0.25) is 11.8 Å². The van der Waals surface area contributed by atoms with E-state index < -0.39 is 0 Å². The number of amides is 1. The first-order valence-electron chi connectivity index (χ1n) is 7.17. The molecule has 20 heavy (non-hydrogen) atoms. The molecule has 0 aromatic carbocycles. The van der Waals surface area contributed by atoms with E-state index in [0.717, 1.165) is 38.2 Å². The summed E-state index contributed by atoms with van der Waals surface area (Å²) in [5, 5.41) is 0. The number of aromatic nitrogens is 2. The van der Waals surface area contributed by atoms with Gasteiger partial charge in [0.25, 0.3) is 0 Å². The van der Waals surface area contributed by atoms with Gasteiger partial charge in [0, 0.05) is 25.6 Å². The Bertz CT molecular complexity index is 453. The smallest absolute Gasteiger partial charge is 0.218 e. The molecule has 1 atom stereocenters. The molecule has 0 bridgehead atoms. The predicted octanol–water partition coefficient (Wildman–Crippen LogP) is 1.36. The Morgan fingerprint density at radius 2 is 2.40 bits per heavy atom. The van der Waals surface area contributed by atoms with Crippen LogP contribution in [0.25, 0.3) is 0 Å². The standard InChI is InChI=1S/C14H22N4O2/c1-2-20-14-8-13(16-10-17-14)18-7-3-4-11(9-18)5-6-12(15)19/h8,10-11H,2-7,9H2,1H3,(H2,15,19)/t11-/m0/s1. The predicted molar refractivity (Wildman–Crippen MR) is 76.6 cm³/mol. The lowest BCUT2D eigenvalue weighted by Gasteiger charge is -2.33. The molecule has 6 heteroatoms. The van der Waals surface area contributed by atoms with Crippen LogP contribution in [-0.2, 0) is 4.79 Å². The molecular weight excluding hydrogens is 256 g/mol. The number of carbonyl (C=O) groups excluding carboxylic acids is 1. The van der Waals surface area contributed by atoms with Crippen molar-refractivity contribution >= 4 is 11.7 Å². The first-order chi connectivity index (χ1) is 9.69. The highest BCUT2D eigenvalue weighted by Gasteiger charge is 2.21. The number of anilines is 1. The van der Waals surface area contributed by atoms with Gasteiger partial charge in [-0.25, -0.2) is 9.97 Å². The van der Waals surface area contributed by atoms with Crippen LogP contribution in [0.3, 0.4) is 0 Å². The van der Waals surface area contributed by atoms with Crippen LogP contribution in [0.2, 0.25) is 0 Å². The van der Waals surface area contributed by atoms with Crippen molar-refractivity contribution < 1.29 is 9.53 Å². The van der Waals surface area contributed by atoms with Crippen molar-refractivity contribution in [3.8, 4) is 5.88 Å². The van der Waals surface area contributed by atoms with Crippen LogP contribution in [0.5, 0.6) is 5.88 Å². The topological polar surface area (TPSA) is 81.3 Å². The zero-order valence-electron chi connectivity index (χ0n) is 11.9. The molecule has 1 aromatic heterocycles.